The van der Waals surface area contributed by atoms with Crippen LogP contribution in [-0.2, 0) is 0 Å². The highest BCUT2D eigenvalue weighted by Gasteiger charge is 2.12. The summed E-state index contributed by atoms with van der Waals surface area (Å²) in [4.78, 5) is 0. The molecule has 0 aromatic heterocycles. The maximum absolute atomic E-state index is 3.79. The maximum Gasteiger partial charge on any atom is -0.0225 e. The van der Waals surface area contributed by atoms with Gasteiger partial charge in [-0.15, -0.1) is 0 Å². The lowest BCUT2D eigenvalue weighted by molar-refractivity contribution is 0.545. The standard InChI is InChI=1S/C11H18/c1-3-5-6-11-8-7-10(4-2)9-11/h4,9,11H,2-3,5-8H2,1H3. The van der Waals surface area contributed by atoms with Gasteiger partial charge in [0.15, 0.2) is 0 Å². The van der Waals surface area contributed by atoms with Crippen molar-refractivity contribution in [1.82, 2.24) is 0 Å². The largest absolute Gasteiger partial charge is 0.0988 e. The first-order chi connectivity index (χ1) is 5.36. The number of hydrogen-bond acceptors (Lipinski definition) is 0. The first kappa shape index (κ1) is 8.58. The molecule has 1 aliphatic carbocycles. The Balaban J connectivity index is 2.28. The number of rotatable bonds is 4. The molecule has 62 valence electrons. The summed E-state index contributed by atoms with van der Waals surface area (Å²) in [5, 5.41) is 0. The van der Waals surface area contributed by atoms with Gasteiger partial charge in [-0.1, -0.05) is 44.1 Å². The van der Waals surface area contributed by atoms with E-state index in [-0.39, 0.29) is 0 Å². The lowest BCUT2D eigenvalue weighted by Crippen LogP contribution is -1.89. The van der Waals surface area contributed by atoms with Crippen LogP contribution in [0.4, 0.5) is 0 Å². The molecule has 0 aliphatic heterocycles. The lowest BCUT2D eigenvalue weighted by Gasteiger charge is -2.03. The Morgan fingerprint density at radius 3 is 3.09 bits per heavy atom. The predicted octanol–water partition coefficient (Wildman–Crippen LogP) is 3.70. The van der Waals surface area contributed by atoms with E-state index in [1.807, 2.05) is 6.08 Å². The van der Waals surface area contributed by atoms with E-state index in [1.54, 1.807) is 0 Å². The molecular formula is C11H18. The zero-order chi connectivity index (χ0) is 8.10. The smallest absolute Gasteiger partial charge is 0.0225 e. The van der Waals surface area contributed by atoms with Crippen molar-refractivity contribution in [2.45, 2.75) is 39.0 Å². The van der Waals surface area contributed by atoms with Crippen LogP contribution in [0.1, 0.15) is 39.0 Å². The minimum Gasteiger partial charge on any atom is -0.0988 e. The Bertz CT molecular complexity index is 153. The molecular weight excluding hydrogens is 132 g/mol. The minimum absolute atomic E-state index is 0.864. The molecule has 0 aromatic carbocycles. The lowest BCUT2D eigenvalue weighted by atomic mass is 10.0. The minimum atomic E-state index is 0.864. The normalized spacial score (nSPS) is 23.4. The van der Waals surface area contributed by atoms with Crippen molar-refractivity contribution < 1.29 is 0 Å². The summed E-state index contributed by atoms with van der Waals surface area (Å²) in [6, 6.07) is 0. The van der Waals surface area contributed by atoms with E-state index >= 15 is 0 Å². The highest BCUT2D eigenvalue weighted by atomic mass is 14.2. The van der Waals surface area contributed by atoms with Crippen molar-refractivity contribution in [1.29, 1.82) is 0 Å². The molecule has 0 amide bonds. The van der Waals surface area contributed by atoms with Gasteiger partial charge in [0.25, 0.3) is 0 Å². The third kappa shape index (κ3) is 2.53. The summed E-state index contributed by atoms with van der Waals surface area (Å²) in [7, 11) is 0. The molecule has 0 N–H and O–H groups in total. The van der Waals surface area contributed by atoms with Crippen LogP contribution in [0.25, 0.3) is 0 Å². The topological polar surface area (TPSA) is 0 Å². The van der Waals surface area contributed by atoms with Gasteiger partial charge in [-0.2, -0.15) is 0 Å². The van der Waals surface area contributed by atoms with Crippen molar-refractivity contribution in [3.05, 3.63) is 24.3 Å². The quantitative estimate of drug-likeness (QED) is 0.573. The number of allylic oxidation sites excluding steroid dienone is 3. The molecule has 1 atom stereocenters. The summed E-state index contributed by atoms with van der Waals surface area (Å²) < 4.78 is 0. The van der Waals surface area contributed by atoms with Crippen LogP contribution >= 0.6 is 0 Å². The van der Waals surface area contributed by atoms with Crippen molar-refractivity contribution in [2.75, 3.05) is 0 Å². The molecule has 1 unspecified atom stereocenters. The molecule has 0 heterocycles. The van der Waals surface area contributed by atoms with Crippen LogP contribution in [0.15, 0.2) is 24.3 Å². The Kier molecular flexibility index (Phi) is 3.41. The van der Waals surface area contributed by atoms with Gasteiger partial charge in [0.2, 0.25) is 0 Å². The fourth-order valence-electron chi connectivity index (χ4n) is 1.69. The number of unbranched alkanes of at least 4 members (excludes halogenated alkanes) is 1. The zero-order valence-corrected chi connectivity index (χ0v) is 7.47. The molecule has 0 fully saturated rings. The predicted molar refractivity (Wildman–Crippen MR) is 50.5 cm³/mol. The average Bonchev–Trinajstić information content (AvgIpc) is 2.48. The van der Waals surface area contributed by atoms with E-state index in [1.165, 1.54) is 37.7 Å². The first-order valence-electron chi connectivity index (χ1n) is 4.70. The van der Waals surface area contributed by atoms with Gasteiger partial charge >= 0.3 is 0 Å². The van der Waals surface area contributed by atoms with E-state index in [0.29, 0.717) is 0 Å². The molecule has 0 spiro atoms. The fourth-order valence-corrected chi connectivity index (χ4v) is 1.69. The summed E-state index contributed by atoms with van der Waals surface area (Å²) in [5.74, 6) is 0.864. The van der Waals surface area contributed by atoms with Gasteiger partial charge in [-0.3, -0.25) is 0 Å². The Morgan fingerprint density at radius 1 is 1.73 bits per heavy atom. The second-order valence-electron chi connectivity index (χ2n) is 3.39. The molecule has 11 heavy (non-hydrogen) atoms. The highest BCUT2D eigenvalue weighted by Crippen LogP contribution is 2.28. The number of hydrogen-bond donors (Lipinski definition) is 0. The van der Waals surface area contributed by atoms with Crippen molar-refractivity contribution in [2.24, 2.45) is 5.92 Å². The Labute approximate surface area is 70.0 Å². The van der Waals surface area contributed by atoms with Crippen LogP contribution in [0, 0.1) is 5.92 Å². The Hall–Kier alpha value is -0.520. The summed E-state index contributed by atoms with van der Waals surface area (Å²) in [6.07, 6.45) is 11.1. The third-order valence-electron chi connectivity index (χ3n) is 2.44. The summed E-state index contributed by atoms with van der Waals surface area (Å²) in [5.41, 5.74) is 1.46. The molecule has 0 nitrogen and oxygen atoms in total. The molecule has 0 bridgehead atoms. The fraction of sp³-hybridized carbons (Fsp3) is 0.636. The SMILES string of the molecule is C=CC1=CC(CCCC)CC1. The monoisotopic (exact) mass is 150 g/mol. The van der Waals surface area contributed by atoms with E-state index in [0.717, 1.165) is 5.92 Å². The van der Waals surface area contributed by atoms with Crippen LogP contribution in [0.2, 0.25) is 0 Å². The third-order valence-corrected chi connectivity index (χ3v) is 2.44. The summed E-state index contributed by atoms with van der Waals surface area (Å²) >= 11 is 0. The van der Waals surface area contributed by atoms with Crippen molar-refractivity contribution >= 4 is 0 Å². The molecule has 0 saturated carbocycles. The molecule has 0 heteroatoms. The van der Waals surface area contributed by atoms with Crippen molar-refractivity contribution in [3.8, 4) is 0 Å². The molecule has 0 aromatic rings. The van der Waals surface area contributed by atoms with Gasteiger partial charge in [-0.05, 0) is 25.2 Å². The molecule has 0 saturated heterocycles. The molecule has 1 rings (SSSR count). The van der Waals surface area contributed by atoms with Gasteiger partial charge in [0.1, 0.15) is 0 Å². The average molecular weight is 150 g/mol. The molecule has 1 aliphatic rings. The van der Waals surface area contributed by atoms with Gasteiger partial charge in [0.05, 0.1) is 0 Å². The van der Waals surface area contributed by atoms with E-state index in [4.69, 9.17) is 0 Å². The van der Waals surface area contributed by atoms with Gasteiger partial charge in [0, 0.05) is 0 Å². The van der Waals surface area contributed by atoms with E-state index < -0.39 is 0 Å². The second-order valence-corrected chi connectivity index (χ2v) is 3.39. The molecule has 0 radical (unpaired) electrons. The second kappa shape index (κ2) is 4.38. The van der Waals surface area contributed by atoms with E-state index in [9.17, 15) is 0 Å². The summed E-state index contributed by atoms with van der Waals surface area (Å²) in [6.45, 7) is 6.05. The zero-order valence-electron chi connectivity index (χ0n) is 7.47. The highest BCUT2D eigenvalue weighted by molar-refractivity contribution is 5.21. The van der Waals surface area contributed by atoms with Crippen LogP contribution in [0.3, 0.4) is 0 Å². The maximum atomic E-state index is 3.79. The van der Waals surface area contributed by atoms with Crippen LogP contribution < -0.4 is 0 Å². The van der Waals surface area contributed by atoms with Gasteiger partial charge < -0.3 is 0 Å². The van der Waals surface area contributed by atoms with E-state index in [2.05, 4.69) is 19.6 Å². The first-order valence-corrected chi connectivity index (χ1v) is 4.70. The van der Waals surface area contributed by atoms with Crippen molar-refractivity contribution in [3.63, 3.8) is 0 Å². The van der Waals surface area contributed by atoms with Crippen LogP contribution in [-0.4, -0.2) is 0 Å². The van der Waals surface area contributed by atoms with Crippen LogP contribution in [0.5, 0.6) is 0 Å². The van der Waals surface area contributed by atoms with Gasteiger partial charge in [-0.25, -0.2) is 0 Å². The Morgan fingerprint density at radius 2 is 2.55 bits per heavy atom.